The maximum atomic E-state index is 12.0. The van der Waals surface area contributed by atoms with Gasteiger partial charge in [-0.05, 0) is 52.7 Å². The molecule has 0 aliphatic carbocycles. The van der Waals surface area contributed by atoms with Gasteiger partial charge < -0.3 is 63.0 Å². The molecule has 0 spiro atoms. The minimum atomic E-state index is -0.982. The van der Waals surface area contributed by atoms with Gasteiger partial charge in [-0.2, -0.15) is 0 Å². The Hall–Kier alpha value is -3.50. The highest BCUT2D eigenvalue weighted by molar-refractivity contribution is 6.47. The normalized spacial score (nSPS) is 13.0. The maximum Gasteiger partial charge on any atom is 0.330 e. The molecule has 4 amide bonds. The molecule has 0 atom stereocenters. The fourth-order valence-corrected chi connectivity index (χ4v) is 4.76. The Morgan fingerprint density at radius 1 is 0.574 bits per heavy atom. The van der Waals surface area contributed by atoms with Gasteiger partial charge >= 0.3 is 7.48 Å². The molecule has 0 fully saturated rings. The summed E-state index contributed by atoms with van der Waals surface area (Å²) in [5.74, 6) is -0.359. The van der Waals surface area contributed by atoms with Crippen molar-refractivity contribution in [3.63, 3.8) is 0 Å². The molecule has 18 nitrogen and oxygen atoms in total. The zero-order valence-electron chi connectivity index (χ0n) is 36.6. The number of nitrogens with zero attached hydrogens (tertiary/aromatic N) is 1. The molecule has 0 saturated carbocycles. The molecule has 0 aromatic heterocycles. The second kappa shape index (κ2) is 33.1. The number of nitrogens with one attached hydrogen (secondary N) is 2. The Labute approximate surface area is 361 Å². The van der Waals surface area contributed by atoms with Gasteiger partial charge in [-0.3, -0.25) is 24.1 Å². The smallest absolute Gasteiger partial charge is 0.330 e. The van der Waals surface area contributed by atoms with E-state index in [1.807, 2.05) is 38.1 Å². The van der Waals surface area contributed by atoms with Crippen LogP contribution in [0.4, 0.5) is 0 Å². The van der Waals surface area contributed by atoms with Crippen LogP contribution in [0.25, 0.3) is 0 Å². The highest BCUT2D eigenvalue weighted by atomic mass is 16.6. The van der Waals surface area contributed by atoms with Gasteiger partial charge in [0.25, 0.3) is 11.8 Å². The molecule has 0 bridgehead atoms. The van der Waals surface area contributed by atoms with E-state index in [0.717, 1.165) is 29.0 Å². The summed E-state index contributed by atoms with van der Waals surface area (Å²) in [6.45, 7) is 15.3. The number of ether oxygens (including phenoxy) is 9. The summed E-state index contributed by atoms with van der Waals surface area (Å²) in [4.78, 5) is 47.8. The van der Waals surface area contributed by atoms with Crippen molar-refractivity contribution in [2.24, 2.45) is 0 Å². The van der Waals surface area contributed by atoms with Gasteiger partial charge in [-0.1, -0.05) is 17.6 Å². The summed E-state index contributed by atoms with van der Waals surface area (Å²) >= 11 is 0. The number of carbonyl (C=O) groups excluding carboxylic acids is 4. The van der Waals surface area contributed by atoms with E-state index in [1.165, 1.54) is 12.2 Å². The molecule has 19 heteroatoms. The van der Waals surface area contributed by atoms with Crippen molar-refractivity contribution in [1.82, 2.24) is 15.5 Å². The first-order valence-corrected chi connectivity index (χ1v) is 21.0. The first-order valence-electron chi connectivity index (χ1n) is 21.0. The molecular formula is C42H69BN3O15. The quantitative estimate of drug-likeness (QED) is 0.0472. The molecule has 0 unspecified atom stereocenters. The topological polar surface area (TPSA) is 208 Å². The zero-order chi connectivity index (χ0) is 44.4. The third-order valence-electron chi connectivity index (χ3n) is 9.11. The predicted octanol–water partition coefficient (Wildman–Crippen LogP) is 0.727. The van der Waals surface area contributed by atoms with Crippen molar-refractivity contribution in [3.8, 4) is 5.75 Å². The van der Waals surface area contributed by atoms with Crippen molar-refractivity contribution >= 4 is 36.6 Å². The lowest BCUT2D eigenvalue weighted by molar-refractivity contribution is -0.137. The molecule has 1 radical (unpaired) electrons. The summed E-state index contributed by atoms with van der Waals surface area (Å²) in [6, 6.07) is 7.55. The maximum absolute atomic E-state index is 12.0. The van der Waals surface area contributed by atoms with Crippen LogP contribution in [-0.4, -0.2) is 184 Å². The number of hydrogen-bond donors (Lipinski definition) is 3. The Balaban J connectivity index is 1.21. The standard InChI is InChI=1S/C42H69BN3O15/c1-41(2,51)42(3,4)61-43-35-7-9-36(10-8-35)60-18-6-5-15-44-38(48)14-19-52-21-23-54-25-27-56-29-31-58-33-34-59-32-30-57-28-26-55-24-22-53-20-16-45-37(47)13-17-46-39(49)11-12-40(46)50/h7-12,51H,5-6,13-34H2,1-4H3,(H,44,48)(H,45,47). The van der Waals surface area contributed by atoms with Crippen LogP contribution in [0.15, 0.2) is 36.4 Å². The number of benzene rings is 1. The van der Waals surface area contributed by atoms with Crippen molar-refractivity contribution in [2.75, 3.05) is 132 Å². The molecule has 1 aliphatic heterocycles. The van der Waals surface area contributed by atoms with E-state index in [1.54, 1.807) is 21.3 Å². The van der Waals surface area contributed by atoms with Crippen molar-refractivity contribution < 1.29 is 71.6 Å². The SMILES string of the molecule is CC(C)(O)C(C)(C)O[B]c1ccc(OCCCCNC(=O)CCOCCOCCOCCOCCOCCOCCOCCOCCNC(=O)CCN2C(=O)C=CC2=O)cc1. The van der Waals surface area contributed by atoms with Crippen LogP contribution in [0.5, 0.6) is 5.75 Å². The lowest BCUT2D eigenvalue weighted by Gasteiger charge is -2.37. The molecule has 61 heavy (non-hydrogen) atoms. The minimum absolute atomic E-state index is 0.0453. The zero-order valence-corrected chi connectivity index (χ0v) is 36.6. The van der Waals surface area contributed by atoms with E-state index in [0.29, 0.717) is 125 Å². The van der Waals surface area contributed by atoms with Crippen molar-refractivity contribution in [1.29, 1.82) is 0 Å². The van der Waals surface area contributed by atoms with Crippen molar-refractivity contribution in [3.05, 3.63) is 36.4 Å². The van der Waals surface area contributed by atoms with Gasteiger partial charge in [0.2, 0.25) is 11.8 Å². The lowest BCUT2D eigenvalue weighted by atomic mass is 9.82. The lowest BCUT2D eigenvalue weighted by Crippen LogP contribution is -2.49. The number of hydrogen-bond acceptors (Lipinski definition) is 15. The molecule has 345 valence electrons. The predicted molar refractivity (Wildman–Crippen MR) is 226 cm³/mol. The largest absolute Gasteiger partial charge is 0.494 e. The van der Waals surface area contributed by atoms with Crippen LogP contribution in [0, 0.1) is 0 Å². The third-order valence-corrected chi connectivity index (χ3v) is 9.11. The number of imide groups is 1. The first kappa shape index (κ1) is 53.6. The Morgan fingerprint density at radius 2 is 1.00 bits per heavy atom. The highest BCUT2D eigenvalue weighted by Crippen LogP contribution is 2.24. The molecule has 1 heterocycles. The summed E-state index contributed by atoms with van der Waals surface area (Å²) < 4.78 is 55.3. The number of amides is 4. The summed E-state index contributed by atoms with van der Waals surface area (Å²) in [7, 11) is 1.64. The van der Waals surface area contributed by atoms with Gasteiger partial charge in [0.05, 0.1) is 124 Å². The van der Waals surface area contributed by atoms with Gasteiger partial charge in [-0.15, -0.1) is 0 Å². The molecule has 3 N–H and O–H groups in total. The number of carbonyl (C=O) groups is 4. The average Bonchev–Trinajstić information content (AvgIpc) is 3.55. The fourth-order valence-electron chi connectivity index (χ4n) is 4.76. The molecule has 1 aliphatic rings. The molecular weight excluding hydrogens is 797 g/mol. The Morgan fingerprint density at radius 3 is 1.48 bits per heavy atom. The van der Waals surface area contributed by atoms with Crippen LogP contribution in [0.3, 0.4) is 0 Å². The highest BCUT2D eigenvalue weighted by Gasteiger charge is 2.35. The van der Waals surface area contributed by atoms with Gasteiger partial charge in [0.15, 0.2) is 0 Å². The molecule has 1 aromatic carbocycles. The van der Waals surface area contributed by atoms with E-state index >= 15 is 0 Å². The molecule has 1 aromatic rings. The van der Waals surface area contributed by atoms with Crippen LogP contribution >= 0.6 is 0 Å². The van der Waals surface area contributed by atoms with E-state index in [4.69, 9.17) is 47.3 Å². The van der Waals surface area contributed by atoms with Crippen LogP contribution in [-0.2, 0) is 61.7 Å². The Bertz CT molecular complexity index is 1360. The number of aliphatic hydroxyl groups is 1. The molecule has 2 rings (SSSR count). The number of unbranched alkanes of at least 4 members (excludes halogenated alkanes) is 1. The van der Waals surface area contributed by atoms with Crippen LogP contribution in [0.1, 0.15) is 53.4 Å². The van der Waals surface area contributed by atoms with Gasteiger partial charge in [-0.25, -0.2) is 0 Å². The summed E-state index contributed by atoms with van der Waals surface area (Å²) in [5.41, 5.74) is -0.836. The monoisotopic (exact) mass is 866 g/mol. The summed E-state index contributed by atoms with van der Waals surface area (Å²) in [5, 5.41) is 15.8. The van der Waals surface area contributed by atoms with Crippen LogP contribution < -0.4 is 20.8 Å². The minimum Gasteiger partial charge on any atom is -0.494 e. The fraction of sp³-hybridized carbons (Fsp3) is 0.714. The second-order valence-corrected chi connectivity index (χ2v) is 14.7. The summed E-state index contributed by atoms with van der Waals surface area (Å²) in [6.07, 6.45) is 4.32. The van der Waals surface area contributed by atoms with Gasteiger partial charge in [0, 0.05) is 44.6 Å². The average molecular weight is 867 g/mol. The van der Waals surface area contributed by atoms with Gasteiger partial charge in [0.1, 0.15) is 5.75 Å². The number of rotatable bonds is 40. The van der Waals surface area contributed by atoms with E-state index in [9.17, 15) is 24.3 Å². The second-order valence-electron chi connectivity index (χ2n) is 14.7. The van der Waals surface area contributed by atoms with E-state index < -0.39 is 23.0 Å². The first-order chi connectivity index (χ1) is 29.4. The van der Waals surface area contributed by atoms with Crippen molar-refractivity contribution in [2.45, 2.75) is 64.6 Å². The van der Waals surface area contributed by atoms with Crippen LogP contribution in [0.2, 0.25) is 0 Å². The van der Waals surface area contributed by atoms with E-state index in [-0.39, 0.29) is 31.2 Å². The molecule has 0 saturated heterocycles. The van der Waals surface area contributed by atoms with E-state index in [2.05, 4.69) is 10.6 Å². The third kappa shape index (κ3) is 27.2. The Kier molecular flexibility index (Phi) is 29.1.